The number of hydrogen-bond donors (Lipinski definition) is 2. The zero-order valence-electron chi connectivity index (χ0n) is 14.4. The molecule has 1 saturated heterocycles. The van der Waals surface area contributed by atoms with Crippen LogP contribution in [-0.2, 0) is 0 Å². The summed E-state index contributed by atoms with van der Waals surface area (Å²) in [4.78, 5) is 18.1. The highest BCUT2D eigenvalue weighted by atomic mass is 32.1. The third kappa shape index (κ3) is 3.96. The van der Waals surface area contributed by atoms with E-state index in [0.29, 0.717) is 47.5 Å². The SMILES string of the molecule is O=C1NCCN1CCNc1nn2c(-c3cccc(OC(F)(F)F)c3)cnc2s1. The van der Waals surface area contributed by atoms with Crippen molar-refractivity contribution in [1.29, 1.82) is 0 Å². The lowest BCUT2D eigenvalue weighted by Crippen LogP contribution is -2.32. The normalized spacial score (nSPS) is 14.5. The number of carbonyl (C=O) groups excluding carboxylic acids is 1. The van der Waals surface area contributed by atoms with Crippen LogP contribution in [0.3, 0.4) is 0 Å². The lowest BCUT2D eigenvalue weighted by molar-refractivity contribution is -0.274. The summed E-state index contributed by atoms with van der Waals surface area (Å²) >= 11 is 1.31. The number of rotatable bonds is 6. The molecule has 1 aliphatic heterocycles. The van der Waals surface area contributed by atoms with Crippen molar-refractivity contribution in [3.05, 3.63) is 30.5 Å². The summed E-state index contributed by atoms with van der Waals surface area (Å²) in [7, 11) is 0. The minimum absolute atomic E-state index is 0.0843. The zero-order valence-corrected chi connectivity index (χ0v) is 15.2. The van der Waals surface area contributed by atoms with Gasteiger partial charge in [-0.2, -0.15) is 0 Å². The Hall–Kier alpha value is -3.02. The first kappa shape index (κ1) is 18.3. The Bertz CT molecular complexity index is 1000. The number of aromatic nitrogens is 3. The van der Waals surface area contributed by atoms with E-state index in [2.05, 4.69) is 25.5 Å². The number of hydrogen-bond acceptors (Lipinski definition) is 6. The molecule has 1 aromatic carbocycles. The molecule has 148 valence electrons. The fourth-order valence-corrected chi connectivity index (χ4v) is 3.64. The molecule has 28 heavy (non-hydrogen) atoms. The van der Waals surface area contributed by atoms with E-state index in [0.717, 1.165) is 0 Å². The van der Waals surface area contributed by atoms with Crippen molar-refractivity contribution in [1.82, 2.24) is 24.8 Å². The molecule has 1 aliphatic rings. The van der Waals surface area contributed by atoms with E-state index in [1.165, 1.54) is 29.5 Å². The van der Waals surface area contributed by atoms with Crippen molar-refractivity contribution in [3.63, 3.8) is 0 Å². The smallest absolute Gasteiger partial charge is 0.406 e. The molecular weight excluding hydrogens is 397 g/mol. The number of ether oxygens (including phenoxy) is 1. The van der Waals surface area contributed by atoms with Crippen LogP contribution in [0.5, 0.6) is 5.75 Å². The molecule has 1 fully saturated rings. The highest BCUT2D eigenvalue weighted by Gasteiger charge is 2.31. The number of carbonyl (C=O) groups is 1. The lowest BCUT2D eigenvalue weighted by atomic mass is 10.1. The molecule has 8 nitrogen and oxygen atoms in total. The van der Waals surface area contributed by atoms with Gasteiger partial charge in [0, 0.05) is 31.7 Å². The Labute approximate surface area is 160 Å². The van der Waals surface area contributed by atoms with Crippen LogP contribution in [0.25, 0.3) is 16.2 Å². The number of nitrogens with one attached hydrogen (secondary N) is 2. The predicted octanol–water partition coefficient (Wildman–Crippen LogP) is 2.79. The number of alkyl halides is 3. The number of nitrogens with zero attached hydrogens (tertiary/aromatic N) is 4. The topological polar surface area (TPSA) is 83.8 Å². The van der Waals surface area contributed by atoms with E-state index in [4.69, 9.17) is 0 Å². The molecule has 0 aliphatic carbocycles. The van der Waals surface area contributed by atoms with Gasteiger partial charge in [-0.25, -0.2) is 14.3 Å². The molecule has 0 spiro atoms. The summed E-state index contributed by atoms with van der Waals surface area (Å²) in [5.74, 6) is -0.308. The second-order valence-corrected chi connectivity index (χ2v) is 6.92. The van der Waals surface area contributed by atoms with Crippen LogP contribution in [0, 0.1) is 0 Å². The van der Waals surface area contributed by atoms with Crippen LogP contribution in [0.2, 0.25) is 0 Å². The molecule has 2 N–H and O–H groups in total. The van der Waals surface area contributed by atoms with Gasteiger partial charge in [0.05, 0.1) is 11.9 Å². The van der Waals surface area contributed by atoms with Crippen LogP contribution < -0.4 is 15.4 Å². The Morgan fingerprint density at radius 1 is 1.36 bits per heavy atom. The summed E-state index contributed by atoms with van der Waals surface area (Å²) in [6, 6.07) is 5.57. The van der Waals surface area contributed by atoms with Crippen LogP contribution in [0.15, 0.2) is 30.5 Å². The monoisotopic (exact) mass is 412 g/mol. The molecule has 0 radical (unpaired) electrons. The molecule has 2 amide bonds. The average Bonchev–Trinajstić information content (AvgIpc) is 3.30. The summed E-state index contributed by atoms with van der Waals surface area (Å²) in [6.45, 7) is 2.37. The number of halogens is 3. The summed E-state index contributed by atoms with van der Waals surface area (Å²) < 4.78 is 42.8. The Kier molecular flexibility index (Phi) is 4.71. The largest absolute Gasteiger partial charge is 0.573 e. The maximum atomic E-state index is 12.4. The van der Waals surface area contributed by atoms with Crippen molar-refractivity contribution in [2.45, 2.75) is 6.36 Å². The summed E-state index contributed by atoms with van der Waals surface area (Å²) in [5, 5.41) is 10.9. The first-order valence-electron chi connectivity index (χ1n) is 8.36. The van der Waals surface area contributed by atoms with Gasteiger partial charge in [0.25, 0.3) is 0 Å². The van der Waals surface area contributed by atoms with Crippen LogP contribution in [0.4, 0.5) is 23.1 Å². The van der Waals surface area contributed by atoms with Gasteiger partial charge < -0.3 is 20.3 Å². The molecule has 0 unspecified atom stereocenters. The first-order valence-corrected chi connectivity index (χ1v) is 9.18. The van der Waals surface area contributed by atoms with Crippen molar-refractivity contribution in [2.24, 2.45) is 0 Å². The maximum absolute atomic E-state index is 12.4. The molecule has 4 rings (SSSR count). The van der Waals surface area contributed by atoms with Crippen molar-refractivity contribution in [2.75, 3.05) is 31.5 Å². The van der Waals surface area contributed by atoms with Crippen molar-refractivity contribution >= 4 is 27.5 Å². The van der Waals surface area contributed by atoms with Gasteiger partial charge in [0.15, 0.2) is 0 Å². The molecule has 0 bridgehead atoms. The number of benzene rings is 1. The number of fused-ring (bicyclic) bond motifs is 1. The highest BCUT2D eigenvalue weighted by molar-refractivity contribution is 7.20. The number of imidazole rings is 1. The van der Waals surface area contributed by atoms with Crippen LogP contribution in [-0.4, -0.2) is 58.1 Å². The van der Waals surface area contributed by atoms with Crippen LogP contribution >= 0.6 is 11.3 Å². The molecule has 12 heteroatoms. The second kappa shape index (κ2) is 7.19. The second-order valence-electron chi connectivity index (χ2n) is 5.97. The Morgan fingerprint density at radius 2 is 2.21 bits per heavy atom. The Morgan fingerprint density at radius 3 is 2.96 bits per heavy atom. The first-order chi connectivity index (χ1) is 13.4. The minimum atomic E-state index is -4.75. The fraction of sp³-hybridized carbons (Fsp3) is 0.312. The number of anilines is 1. The molecule has 3 heterocycles. The number of urea groups is 1. The van der Waals surface area contributed by atoms with Crippen LogP contribution in [0.1, 0.15) is 0 Å². The molecule has 3 aromatic rings. The fourth-order valence-electron chi connectivity index (χ4n) is 2.84. The van der Waals surface area contributed by atoms with Crippen molar-refractivity contribution < 1.29 is 22.7 Å². The standard InChI is InChI=1S/C16H15F3N6O2S/c17-16(18,19)27-11-3-1-2-10(8-11)12-9-22-15-25(12)23-13(28-15)20-4-6-24-7-5-21-14(24)26/h1-3,8-9H,4-7H2,(H,20,23)(H,21,26). The molecule has 0 atom stereocenters. The average molecular weight is 412 g/mol. The highest BCUT2D eigenvalue weighted by Crippen LogP contribution is 2.30. The van der Waals surface area contributed by atoms with Gasteiger partial charge in [0.2, 0.25) is 10.1 Å². The van der Waals surface area contributed by atoms with Gasteiger partial charge >= 0.3 is 12.4 Å². The van der Waals surface area contributed by atoms with E-state index in [9.17, 15) is 18.0 Å². The van der Waals surface area contributed by atoms with E-state index in [1.807, 2.05) is 0 Å². The van der Waals surface area contributed by atoms with Gasteiger partial charge in [-0.15, -0.1) is 18.3 Å². The molecule has 2 aromatic heterocycles. The quantitative estimate of drug-likeness (QED) is 0.651. The van der Waals surface area contributed by atoms with E-state index < -0.39 is 6.36 Å². The number of amides is 2. The third-order valence-corrected chi connectivity index (χ3v) is 4.93. The Balaban J connectivity index is 1.48. The maximum Gasteiger partial charge on any atom is 0.573 e. The summed E-state index contributed by atoms with van der Waals surface area (Å²) in [5.41, 5.74) is 1.05. The molecule has 0 saturated carbocycles. The lowest BCUT2D eigenvalue weighted by Gasteiger charge is -2.13. The van der Waals surface area contributed by atoms with Gasteiger partial charge in [-0.3, -0.25) is 0 Å². The van der Waals surface area contributed by atoms with Crippen molar-refractivity contribution in [3.8, 4) is 17.0 Å². The summed E-state index contributed by atoms with van der Waals surface area (Å²) in [6.07, 6.45) is -3.21. The van der Waals surface area contributed by atoms with Gasteiger partial charge in [-0.05, 0) is 12.1 Å². The van der Waals surface area contributed by atoms with Gasteiger partial charge in [-0.1, -0.05) is 23.5 Å². The van der Waals surface area contributed by atoms with Gasteiger partial charge in [0.1, 0.15) is 5.75 Å². The van der Waals surface area contributed by atoms with E-state index in [-0.39, 0.29) is 11.8 Å². The van der Waals surface area contributed by atoms with E-state index in [1.54, 1.807) is 21.7 Å². The minimum Gasteiger partial charge on any atom is -0.406 e. The predicted molar refractivity (Wildman–Crippen MR) is 96.4 cm³/mol. The molecular formula is C16H15F3N6O2S. The van der Waals surface area contributed by atoms with E-state index >= 15 is 0 Å². The zero-order chi connectivity index (χ0) is 19.7. The third-order valence-electron chi connectivity index (χ3n) is 4.05.